The normalized spacial score (nSPS) is 11.2. The van der Waals surface area contributed by atoms with Crippen molar-refractivity contribution in [2.75, 3.05) is 31.5 Å². The molecule has 3 rings (SSSR count). The van der Waals surface area contributed by atoms with E-state index in [2.05, 4.69) is 15.6 Å². The highest BCUT2D eigenvalue weighted by Crippen LogP contribution is 2.20. The minimum Gasteiger partial charge on any atom is -0.361 e. The lowest BCUT2D eigenvalue weighted by atomic mass is 10.1. The summed E-state index contributed by atoms with van der Waals surface area (Å²) in [5, 5.41) is 6.17. The van der Waals surface area contributed by atoms with Gasteiger partial charge in [-0.1, -0.05) is 25.1 Å². The number of anilines is 1. The predicted octanol–water partition coefficient (Wildman–Crippen LogP) is 3.59. The summed E-state index contributed by atoms with van der Waals surface area (Å²) in [6.07, 6.45) is 3.26. The number of H-pyrrole nitrogens is 1. The summed E-state index contributed by atoms with van der Waals surface area (Å²) in [4.78, 5) is 29.4. The Morgan fingerprint density at radius 1 is 1.00 bits per heavy atom. The second-order valence-electron chi connectivity index (χ2n) is 7.44. The molecular weight excluding hydrogens is 421 g/mol. The van der Waals surface area contributed by atoms with Crippen molar-refractivity contribution in [3.05, 3.63) is 65.6 Å². The van der Waals surface area contributed by atoms with Crippen molar-refractivity contribution in [1.29, 1.82) is 0 Å². The smallest absolute Gasteiger partial charge is 0.238 e. The number of carbonyl (C=O) groups excluding carboxylic acids is 2. The number of halogens is 3. The Bertz CT molecular complexity index is 1100. The van der Waals surface area contributed by atoms with E-state index in [1.807, 2.05) is 37.4 Å². The molecule has 6 nitrogen and oxygen atoms in total. The maximum Gasteiger partial charge on any atom is 0.238 e. The van der Waals surface area contributed by atoms with Gasteiger partial charge in [-0.15, -0.1) is 0 Å². The van der Waals surface area contributed by atoms with Crippen molar-refractivity contribution in [3.63, 3.8) is 0 Å². The minimum absolute atomic E-state index is 0.0184. The molecule has 0 aliphatic carbocycles. The summed E-state index contributed by atoms with van der Waals surface area (Å²) < 4.78 is 40.1. The molecule has 0 saturated carbocycles. The van der Waals surface area contributed by atoms with Gasteiger partial charge in [0.15, 0.2) is 17.5 Å². The van der Waals surface area contributed by atoms with Crippen LogP contribution >= 0.6 is 0 Å². The lowest BCUT2D eigenvalue weighted by molar-refractivity contribution is -0.123. The third-order valence-electron chi connectivity index (χ3n) is 4.97. The van der Waals surface area contributed by atoms with Crippen LogP contribution in [0.25, 0.3) is 10.9 Å². The molecule has 0 atom stereocenters. The van der Waals surface area contributed by atoms with Crippen LogP contribution in [-0.2, 0) is 16.0 Å². The van der Waals surface area contributed by atoms with E-state index in [0.29, 0.717) is 25.9 Å². The van der Waals surface area contributed by atoms with Gasteiger partial charge < -0.3 is 15.6 Å². The van der Waals surface area contributed by atoms with Gasteiger partial charge >= 0.3 is 0 Å². The lowest BCUT2D eigenvalue weighted by Gasteiger charge is -2.20. The van der Waals surface area contributed by atoms with Crippen molar-refractivity contribution in [1.82, 2.24) is 15.2 Å². The van der Waals surface area contributed by atoms with Crippen LogP contribution in [-0.4, -0.2) is 47.9 Å². The van der Waals surface area contributed by atoms with Crippen LogP contribution in [0.2, 0.25) is 0 Å². The quantitative estimate of drug-likeness (QED) is 0.417. The number of hydrogen-bond acceptors (Lipinski definition) is 3. The zero-order valence-corrected chi connectivity index (χ0v) is 17.7. The number of hydrogen-bond donors (Lipinski definition) is 3. The minimum atomic E-state index is -1.65. The Morgan fingerprint density at radius 3 is 2.53 bits per heavy atom. The molecule has 0 aliphatic rings. The van der Waals surface area contributed by atoms with Gasteiger partial charge in [0, 0.05) is 23.6 Å². The number of aromatic nitrogens is 1. The fourth-order valence-electron chi connectivity index (χ4n) is 3.48. The Balaban J connectivity index is 1.50. The van der Waals surface area contributed by atoms with Crippen molar-refractivity contribution < 1.29 is 22.8 Å². The highest BCUT2D eigenvalue weighted by molar-refractivity contribution is 5.92. The molecule has 3 aromatic rings. The maximum atomic E-state index is 13.8. The summed E-state index contributed by atoms with van der Waals surface area (Å²) in [7, 11) is 0. The van der Waals surface area contributed by atoms with Crippen molar-refractivity contribution in [3.8, 4) is 0 Å². The standard InChI is InChI=1S/C23H25F3N4O2/c1-2-11-30(14-21(32)29-19-8-7-17(24)22(25)23(19)26)13-20(31)27-10-9-15-12-28-18-6-4-3-5-16(15)18/h3-8,12,28H,2,9-11,13-14H2,1H3,(H,27,31)(H,29,32). The highest BCUT2D eigenvalue weighted by Gasteiger charge is 2.18. The van der Waals surface area contributed by atoms with Crippen LogP contribution in [0.15, 0.2) is 42.6 Å². The zero-order chi connectivity index (χ0) is 23.1. The largest absolute Gasteiger partial charge is 0.361 e. The number of rotatable bonds is 10. The van der Waals surface area contributed by atoms with Crippen LogP contribution in [0.4, 0.5) is 18.9 Å². The Morgan fingerprint density at radius 2 is 1.75 bits per heavy atom. The number of fused-ring (bicyclic) bond motifs is 1. The molecule has 0 aliphatic heterocycles. The fraction of sp³-hybridized carbons (Fsp3) is 0.304. The molecule has 1 heterocycles. The summed E-state index contributed by atoms with van der Waals surface area (Å²) in [6, 6.07) is 9.59. The second-order valence-corrected chi connectivity index (χ2v) is 7.44. The van der Waals surface area contributed by atoms with E-state index in [1.165, 1.54) is 0 Å². The summed E-state index contributed by atoms with van der Waals surface area (Å²) in [5.74, 6) is -5.32. The third-order valence-corrected chi connectivity index (χ3v) is 4.97. The molecule has 0 radical (unpaired) electrons. The SMILES string of the molecule is CCCN(CC(=O)NCCc1c[nH]c2ccccc12)CC(=O)Nc1ccc(F)c(F)c1F. The topological polar surface area (TPSA) is 77.2 Å². The van der Waals surface area contributed by atoms with Gasteiger partial charge in [0.05, 0.1) is 18.8 Å². The fourth-order valence-corrected chi connectivity index (χ4v) is 3.48. The van der Waals surface area contributed by atoms with Gasteiger partial charge in [-0.05, 0) is 43.1 Å². The Hall–Kier alpha value is -3.33. The number of aromatic amines is 1. The molecule has 0 spiro atoms. The number of benzene rings is 2. The van der Waals surface area contributed by atoms with Crippen molar-refractivity contribution >= 4 is 28.4 Å². The first-order valence-corrected chi connectivity index (χ1v) is 10.4. The van der Waals surface area contributed by atoms with Crippen LogP contribution in [0, 0.1) is 17.5 Å². The molecule has 32 heavy (non-hydrogen) atoms. The average Bonchev–Trinajstić information content (AvgIpc) is 3.17. The van der Waals surface area contributed by atoms with Crippen LogP contribution in [0.5, 0.6) is 0 Å². The maximum absolute atomic E-state index is 13.8. The summed E-state index contributed by atoms with van der Waals surface area (Å²) in [6.45, 7) is 2.59. The van der Waals surface area contributed by atoms with E-state index in [-0.39, 0.29) is 19.0 Å². The van der Waals surface area contributed by atoms with E-state index in [9.17, 15) is 22.8 Å². The van der Waals surface area contributed by atoms with Crippen molar-refractivity contribution in [2.24, 2.45) is 0 Å². The average molecular weight is 446 g/mol. The molecule has 9 heteroatoms. The number of amides is 2. The Kier molecular flexibility index (Phi) is 7.88. The van der Waals surface area contributed by atoms with E-state index in [4.69, 9.17) is 0 Å². The van der Waals surface area contributed by atoms with E-state index < -0.39 is 29.0 Å². The monoisotopic (exact) mass is 446 g/mol. The van der Waals surface area contributed by atoms with Crippen LogP contribution in [0.3, 0.4) is 0 Å². The molecular formula is C23H25F3N4O2. The van der Waals surface area contributed by atoms with Crippen molar-refractivity contribution in [2.45, 2.75) is 19.8 Å². The van der Waals surface area contributed by atoms with Crippen LogP contribution < -0.4 is 10.6 Å². The molecule has 0 fully saturated rings. The first kappa shape index (κ1) is 23.3. The zero-order valence-electron chi connectivity index (χ0n) is 17.7. The van der Waals surface area contributed by atoms with E-state index in [1.54, 1.807) is 4.90 Å². The first-order valence-electron chi connectivity index (χ1n) is 10.4. The van der Waals surface area contributed by atoms with Gasteiger partial charge in [-0.2, -0.15) is 0 Å². The lowest BCUT2D eigenvalue weighted by Crippen LogP contribution is -2.42. The van der Waals surface area contributed by atoms with Gasteiger partial charge in [0.1, 0.15) is 0 Å². The molecule has 1 aromatic heterocycles. The molecule has 3 N–H and O–H groups in total. The van der Waals surface area contributed by atoms with E-state index in [0.717, 1.165) is 28.6 Å². The molecule has 0 unspecified atom stereocenters. The molecule has 2 aromatic carbocycles. The summed E-state index contributed by atoms with van der Waals surface area (Å²) >= 11 is 0. The van der Waals surface area contributed by atoms with Gasteiger partial charge in [0.2, 0.25) is 11.8 Å². The van der Waals surface area contributed by atoms with Gasteiger partial charge in [-0.3, -0.25) is 14.5 Å². The van der Waals surface area contributed by atoms with E-state index >= 15 is 0 Å². The predicted molar refractivity (Wildman–Crippen MR) is 117 cm³/mol. The Labute approximate surface area is 183 Å². The first-order chi connectivity index (χ1) is 15.4. The van der Waals surface area contributed by atoms with Gasteiger partial charge in [0.25, 0.3) is 0 Å². The highest BCUT2D eigenvalue weighted by atomic mass is 19.2. The number of para-hydroxylation sites is 1. The molecule has 170 valence electrons. The molecule has 0 bridgehead atoms. The molecule has 0 saturated heterocycles. The number of carbonyl (C=O) groups is 2. The second kappa shape index (κ2) is 10.8. The summed E-state index contributed by atoms with van der Waals surface area (Å²) in [5.41, 5.74) is 1.68. The van der Waals surface area contributed by atoms with Crippen LogP contribution in [0.1, 0.15) is 18.9 Å². The third kappa shape index (κ3) is 5.88. The molecule has 2 amide bonds. The number of nitrogens with zero attached hydrogens (tertiary/aromatic N) is 1. The van der Waals surface area contributed by atoms with Gasteiger partial charge in [-0.25, -0.2) is 13.2 Å². The number of nitrogens with one attached hydrogen (secondary N) is 3.